The number of ether oxygens (including phenoxy) is 2. The van der Waals surface area contributed by atoms with E-state index in [0.29, 0.717) is 18.3 Å². The summed E-state index contributed by atoms with van der Waals surface area (Å²) in [5, 5.41) is 6.44. The van der Waals surface area contributed by atoms with E-state index in [4.69, 9.17) is 9.47 Å². The van der Waals surface area contributed by atoms with E-state index in [1.165, 1.54) is 0 Å². The molecule has 0 aliphatic carbocycles. The highest BCUT2D eigenvalue weighted by atomic mass is 16.6. The lowest BCUT2D eigenvalue weighted by Crippen LogP contribution is -2.12. The number of hydrogen-bond acceptors (Lipinski definition) is 4. The van der Waals surface area contributed by atoms with E-state index in [2.05, 4.69) is 24.1 Å². The van der Waals surface area contributed by atoms with E-state index in [-0.39, 0.29) is 0 Å². The van der Waals surface area contributed by atoms with Gasteiger partial charge in [0, 0.05) is 0 Å². The van der Waals surface area contributed by atoms with Gasteiger partial charge in [-0.2, -0.15) is 0 Å². The molecular formula is C17H24N2O4. The Bertz CT molecular complexity index is 543. The maximum Gasteiger partial charge on any atom is 0.458 e. The molecule has 0 spiro atoms. The van der Waals surface area contributed by atoms with Crippen LogP contribution in [0.3, 0.4) is 0 Å². The molecule has 0 saturated carbocycles. The Labute approximate surface area is 136 Å². The fourth-order valence-electron chi connectivity index (χ4n) is 1.98. The first-order valence-corrected chi connectivity index (χ1v) is 7.92. The van der Waals surface area contributed by atoms with E-state index >= 15 is 0 Å². The van der Waals surface area contributed by atoms with E-state index < -0.39 is 12.2 Å². The Morgan fingerprint density at radius 3 is 2.48 bits per heavy atom. The number of unbranched alkanes of at least 4 members (excludes halogenated alkanes) is 1. The second-order valence-electron chi connectivity index (χ2n) is 5.33. The number of amides is 2. The minimum Gasteiger partial charge on any atom is -0.447 e. The molecule has 23 heavy (non-hydrogen) atoms. The van der Waals surface area contributed by atoms with Gasteiger partial charge in [-0.05, 0) is 30.9 Å². The van der Waals surface area contributed by atoms with Crippen molar-refractivity contribution < 1.29 is 19.1 Å². The fraction of sp³-hybridized carbons (Fsp3) is 0.529. The zero-order valence-electron chi connectivity index (χ0n) is 13.9. The lowest BCUT2D eigenvalue weighted by Gasteiger charge is -2.12. The SMILES string of the molecule is CCCCC(CC)COC(=O)/N=N/C(=O)Oc1ccccc1C. The summed E-state index contributed by atoms with van der Waals surface area (Å²) >= 11 is 0. The van der Waals surface area contributed by atoms with Gasteiger partial charge in [0.25, 0.3) is 0 Å². The third-order valence-electron chi connectivity index (χ3n) is 3.49. The van der Waals surface area contributed by atoms with Crippen molar-refractivity contribution in [3.05, 3.63) is 29.8 Å². The smallest absolute Gasteiger partial charge is 0.447 e. The second kappa shape index (κ2) is 10.5. The Hall–Kier alpha value is -2.24. The maximum atomic E-state index is 11.5. The lowest BCUT2D eigenvalue weighted by molar-refractivity contribution is 0.130. The highest BCUT2D eigenvalue weighted by molar-refractivity contribution is 5.75. The van der Waals surface area contributed by atoms with Crippen LogP contribution >= 0.6 is 0 Å². The second-order valence-corrected chi connectivity index (χ2v) is 5.33. The van der Waals surface area contributed by atoms with Crippen LogP contribution in [0.1, 0.15) is 45.1 Å². The molecule has 126 valence electrons. The molecular weight excluding hydrogens is 296 g/mol. The van der Waals surface area contributed by atoms with Gasteiger partial charge >= 0.3 is 12.2 Å². The molecule has 2 amide bonds. The largest absolute Gasteiger partial charge is 0.458 e. The Balaban J connectivity index is 2.39. The minimum atomic E-state index is -0.950. The monoisotopic (exact) mass is 320 g/mol. The number of nitrogens with zero attached hydrogens (tertiary/aromatic N) is 2. The molecule has 0 radical (unpaired) electrons. The highest BCUT2D eigenvalue weighted by Gasteiger charge is 2.11. The van der Waals surface area contributed by atoms with Gasteiger partial charge in [-0.1, -0.05) is 61.5 Å². The van der Waals surface area contributed by atoms with Crippen molar-refractivity contribution in [1.82, 2.24) is 0 Å². The van der Waals surface area contributed by atoms with Crippen molar-refractivity contribution >= 4 is 12.2 Å². The molecule has 0 bridgehead atoms. The van der Waals surface area contributed by atoms with Crippen molar-refractivity contribution in [3.63, 3.8) is 0 Å². The van der Waals surface area contributed by atoms with E-state index in [0.717, 1.165) is 31.2 Å². The topological polar surface area (TPSA) is 77.3 Å². The summed E-state index contributed by atoms with van der Waals surface area (Å²) in [6, 6.07) is 7.01. The third-order valence-corrected chi connectivity index (χ3v) is 3.49. The zero-order valence-corrected chi connectivity index (χ0v) is 13.9. The van der Waals surface area contributed by atoms with Crippen LogP contribution in [0.2, 0.25) is 0 Å². The van der Waals surface area contributed by atoms with E-state index in [9.17, 15) is 9.59 Å². The maximum absolute atomic E-state index is 11.5. The third kappa shape index (κ3) is 7.54. The van der Waals surface area contributed by atoms with Crippen molar-refractivity contribution in [2.45, 2.75) is 46.5 Å². The molecule has 6 heteroatoms. The number of para-hydroxylation sites is 1. The normalized spacial score (nSPS) is 12.1. The first kappa shape index (κ1) is 18.8. The summed E-state index contributed by atoms with van der Waals surface area (Å²) in [4.78, 5) is 23.0. The van der Waals surface area contributed by atoms with Gasteiger partial charge in [0.05, 0.1) is 6.61 Å². The van der Waals surface area contributed by atoms with Crippen LogP contribution in [-0.4, -0.2) is 18.8 Å². The van der Waals surface area contributed by atoms with Gasteiger partial charge in [0.2, 0.25) is 0 Å². The number of carbonyl (C=O) groups excluding carboxylic acids is 2. The van der Waals surface area contributed by atoms with Crippen LogP contribution in [0, 0.1) is 12.8 Å². The lowest BCUT2D eigenvalue weighted by atomic mass is 10.0. The number of benzene rings is 1. The molecule has 1 aromatic rings. The molecule has 1 unspecified atom stereocenters. The van der Waals surface area contributed by atoms with Gasteiger partial charge < -0.3 is 9.47 Å². The fourth-order valence-corrected chi connectivity index (χ4v) is 1.98. The molecule has 0 aliphatic rings. The van der Waals surface area contributed by atoms with Gasteiger partial charge in [0.15, 0.2) is 0 Å². The number of aryl methyl sites for hydroxylation is 1. The summed E-state index contributed by atoms with van der Waals surface area (Å²) in [5.74, 6) is 0.698. The van der Waals surface area contributed by atoms with Crippen LogP contribution in [-0.2, 0) is 4.74 Å². The standard InChI is InChI=1S/C17H24N2O4/c1-4-6-10-14(5-2)12-22-16(20)18-19-17(21)23-15-11-8-7-9-13(15)3/h7-9,11,14H,4-6,10,12H2,1-3H3/b19-18+. The predicted octanol–water partition coefficient (Wildman–Crippen LogP) is 5.30. The first-order chi connectivity index (χ1) is 11.1. The molecule has 1 rings (SSSR count). The molecule has 0 saturated heterocycles. The average molecular weight is 320 g/mol. The van der Waals surface area contributed by atoms with Crippen LogP contribution in [0.25, 0.3) is 0 Å². The molecule has 0 N–H and O–H groups in total. The summed E-state index contributed by atoms with van der Waals surface area (Å²) in [5.41, 5.74) is 0.792. The van der Waals surface area contributed by atoms with Gasteiger partial charge in [-0.3, -0.25) is 0 Å². The van der Waals surface area contributed by atoms with Crippen LogP contribution in [0.15, 0.2) is 34.5 Å². The Morgan fingerprint density at radius 2 is 1.83 bits per heavy atom. The summed E-state index contributed by atoms with van der Waals surface area (Å²) in [7, 11) is 0. The van der Waals surface area contributed by atoms with Crippen molar-refractivity contribution in [1.29, 1.82) is 0 Å². The molecule has 6 nitrogen and oxygen atoms in total. The molecule has 0 heterocycles. The highest BCUT2D eigenvalue weighted by Crippen LogP contribution is 2.17. The van der Waals surface area contributed by atoms with E-state index in [1.54, 1.807) is 25.1 Å². The van der Waals surface area contributed by atoms with Gasteiger partial charge in [-0.15, -0.1) is 0 Å². The van der Waals surface area contributed by atoms with E-state index in [1.807, 2.05) is 6.07 Å². The minimum absolute atomic E-state index is 0.293. The number of azo groups is 1. The quantitative estimate of drug-likeness (QED) is 0.639. The van der Waals surface area contributed by atoms with Gasteiger partial charge in [0.1, 0.15) is 5.75 Å². The summed E-state index contributed by atoms with van der Waals surface area (Å²) in [6.45, 7) is 6.26. The van der Waals surface area contributed by atoms with Crippen molar-refractivity contribution in [3.8, 4) is 5.75 Å². The Kier molecular flexibility index (Phi) is 8.57. The molecule has 0 fully saturated rings. The molecule has 0 aliphatic heterocycles. The first-order valence-electron chi connectivity index (χ1n) is 7.92. The number of carbonyl (C=O) groups is 2. The molecule has 0 aromatic heterocycles. The molecule has 1 aromatic carbocycles. The average Bonchev–Trinajstić information content (AvgIpc) is 2.55. The van der Waals surface area contributed by atoms with Crippen LogP contribution < -0.4 is 4.74 Å². The van der Waals surface area contributed by atoms with Gasteiger partial charge in [-0.25, -0.2) is 9.59 Å². The van der Waals surface area contributed by atoms with Crippen LogP contribution in [0.4, 0.5) is 9.59 Å². The summed E-state index contributed by atoms with van der Waals surface area (Å²) < 4.78 is 10.00. The number of rotatable bonds is 7. The summed E-state index contributed by atoms with van der Waals surface area (Å²) in [6.07, 6.45) is 2.32. The van der Waals surface area contributed by atoms with Crippen molar-refractivity contribution in [2.24, 2.45) is 16.1 Å². The van der Waals surface area contributed by atoms with Crippen LogP contribution in [0.5, 0.6) is 5.75 Å². The molecule has 1 atom stereocenters. The number of hydrogen-bond donors (Lipinski definition) is 0. The van der Waals surface area contributed by atoms with Crippen molar-refractivity contribution in [2.75, 3.05) is 6.61 Å². The zero-order chi connectivity index (χ0) is 17.1. The Morgan fingerprint density at radius 1 is 1.13 bits per heavy atom. The predicted molar refractivity (Wildman–Crippen MR) is 86.7 cm³/mol.